The molecule has 1 aromatic heterocycles. The molecule has 0 aliphatic rings. The zero-order chi connectivity index (χ0) is 35.8. The lowest BCUT2D eigenvalue weighted by atomic mass is 9.98. The second-order valence-corrected chi connectivity index (χ2v) is 14.8. The fourth-order valence-corrected chi connectivity index (χ4v) is 8.89. The summed E-state index contributed by atoms with van der Waals surface area (Å²) in [5.41, 5.74) is 13.0. The first-order chi connectivity index (χ1) is 26.7. The van der Waals surface area contributed by atoms with E-state index in [4.69, 9.17) is 0 Å². The number of fused-ring (bicyclic) bond motifs is 4. The maximum absolute atomic E-state index is 2.37. The van der Waals surface area contributed by atoms with Crippen LogP contribution in [0.3, 0.4) is 0 Å². The average Bonchev–Trinajstić information content (AvgIpc) is 3.64. The normalized spacial score (nSPS) is 11.3. The summed E-state index contributed by atoms with van der Waals surface area (Å²) in [7, 11) is 0. The van der Waals surface area contributed by atoms with Gasteiger partial charge < -0.3 is 4.90 Å². The van der Waals surface area contributed by atoms with Crippen molar-refractivity contribution in [3.05, 3.63) is 212 Å². The molecular weight excluding hydrogens is 671 g/mol. The van der Waals surface area contributed by atoms with Crippen molar-refractivity contribution in [1.82, 2.24) is 0 Å². The summed E-state index contributed by atoms with van der Waals surface area (Å²) in [5.74, 6) is 0. The molecule has 0 unspecified atom stereocenters. The van der Waals surface area contributed by atoms with Gasteiger partial charge in [0.15, 0.2) is 0 Å². The van der Waals surface area contributed by atoms with Crippen molar-refractivity contribution in [3.63, 3.8) is 0 Å². The van der Waals surface area contributed by atoms with Crippen LogP contribution in [-0.2, 0) is 0 Å². The van der Waals surface area contributed by atoms with Crippen molar-refractivity contribution in [2.24, 2.45) is 0 Å². The molecule has 0 amide bonds. The summed E-state index contributed by atoms with van der Waals surface area (Å²) >= 11 is 1.86. The Labute approximate surface area is 319 Å². The van der Waals surface area contributed by atoms with Crippen molar-refractivity contribution < 1.29 is 0 Å². The SMILES string of the molecule is c1ccc(-c2cccc(-c3ccc(N(c4ccc(-c5cccc6sc7ccccc7c56)cc4)c4cccc(-c5ccc6ccccc6c5)c4)cc3)c2)cc1. The van der Waals surface area contributed by atoms with E-state index >= 15 is 0 Å². The highest BCUT2D eigenvalue weighted by Crippen LogP contribution is 2.42. The third-order valence-corrected chi connectivity index (χ3v) is 11.6. The van der Waals surface area contributed by atoms with Gasteiger partial charge in [-0.1, -0.05) is 152 Å². The predicted molar refractivity (Wildman–Crippen MR) is 233 cm³/mol. The monoisotopic (exact) mass is 705 g/mol. The number of anilines is 3. The van der Waals surface area contributed by atoms with Gasteiger partial charge in [-0.2, -0.15) is 0 Å². The van der Waals surface area contributed by atoms with Gasteiger partial charge in [0.1, 0.15) is 0 Å². The van der Waals surface area contributed by atoms with Gasteiger partial charge in [-0.05, 0) is 116 Å². The van der Waals surface area contributed by atoms with Crippen LogP contribution in [0.15, 0.2) is 212 Å². The highest BCUT2D eigenvalue weighted by Gasteiger charge is 2.16. The first-order valence-corrected chi connectivity index (χ1v) is 19.2. The van der Waals surface area contributed by atoms with E-state index in [-0.39, 0.29) is 0 Å². The lowest BCUT2D eigenvalue weighted by Crippen LogP contribution is -2.10. The number of thiophene rings is 1. The topological polar surface area (TPSA) is 3.24 Å². The van der Waals surface area contributed by atoms with Crippen molar-refractivity contribution in [2.45, 2.75) is 0 Å². The van der Waals surface area contributed by atoms with Crippen molar-refractivity contribution in [1.29, 1.82) is 0 Å². The fourth-order valence-electron chi connectivity index (χ4n) is 7.76. The van der Waals surface area contributed by atoms with Gasteiger partial charge in [0.25, 0.3) is 0 Å². The van der Waals surface area contributed by atoms with Crippen LogP contribution in [0.25, 0.3) is 75.5 Å². The Morgan fingerprint density at radius 1 is 0.296 bits per heavy atom. The summed E-state index contributed by atoms with van der Waals surface area (Å²) in [6.07, 6.45) is 0. The van der Waals surface area contributed by atoms with Gasteiger partial charge in [0.05, 0.1) is 0 Å². The molecule has 0 spiro atoms. The lowest BCUT2D eigenvalue weighted by Gasteiger charge is -2.26. The van der Waals surface area contributed by atoms with Crippen LogP contribution in [0, 0.1) is 0 Å². The quantitative estimate of drug-likeness (QED) is 0.160. The van der Waals surface area contributed by atoms with Crippen molar-refractivity contribution in [3.8, 4) is 44.5 Å². The van der Waals surface area contributed by atoms with Crippen LogP contribution >= 0.6 is 11.3 Å². The fraction of sp³-hybridized carbons (Fsp3) is 0. The van der Waals surface area contributed by atoms with E-state index in [0.29, 0.717) is 0 Å². The molecule has 0 atom stereocenters. The van der Waals surface area contributed by atoms with Crippen LogP contribution in [0.1, 0.15) is 0 Å². The number of benzene rings is 9. The largest absolute Gasteiger partial charge is 0.310 e. The smallest absolute Gasteiger partial charge is 0.0467 e. The Kier molecular flexibility index (Phi) is 8.09. The molecule has 0 radical (unpaired) electrons. The number of hydrogen-bond acceptors (Lipinski definition) is 2. The van der Waals surface area contributed by atoms with Gasteiger partial charge in [-0.25, -0.2) is 0 Å². The Hall–Kier alpha value is -6.74. The first kappa shape index (κ1) is 32.0. The Balaban J connectivity index is 1.06. The molecular formula is C52H35NS. The van der Waals surface area contributed by atoms with Crippen LogP contribution in [0.4, 0.5) is 17.1 Å². The van der Waals surface area contributed by atoms with E-state index in [1.807, 2.05) is 11.3 Å². The van der Waals surface area contributed by atoms with Gasteiger partial charge in [0.2, 0.25) is 0 Å². The van der Waals surface area contributed by atoms with E-state index in [1.165, 1.54) is 75.5 Å². The lowest BCUT2D eigenvalue weighted by molar-refractivity contribution is 1.28. The predicted octanol–water partition coefficient (Wildman–Crippen LogP) is 15.3. The third-order valence-electron chi connectivity index (χ3n) is 10.5. The highest BCUT2D eigenvalue weighted by molar-refractivity contribution is 7.25. The van der Waals surface area contributed by atoms with E-state index in [1.54, 1.807) is 0 Å². The second kappa shape index (κ2) is 13.7. The number of hydrogen-bond donors (Lipinski definition) is 0. The minimum Gasteiger partial charge on any atom is -0.310 e. The summed E-state index contributed by atoms with van der Waals surface area (Å²) in [6.45, 7) is 0. The van der Waals surface area contributed by atoms with E-state index < -0.39 is 0 Å². The summed E-state index contributed by atoms with van der Waals surface area (Å²) < 4.78 is 2.64. The molecule has 0 saturated heterocycles. The number of rotatable bonds is 7. The van der Waals surface area contributed by atoms with Gasteiger partial charge in [-0.3, -0.25) is 0 Å². The van der Waals surface area contributed by atoms with Crippen LogP contribution < -0.4 is 4.90 Å². The molecule has 0 bridgehead atoms. The van der Waals surface area contributed by atoms with Crippen molar-refractivity contribution in [2.75, 3.05) is 4.90 Å². The van der Waals surface area contributed by atoms with E-state index in [0.717, 1.165) is 17.1 Å². The molecule has 1 heterocycles. The molecule has 0 fully saturated rings. The minimum atomic E-state index is 1.10. The number of nitrogens with zero attached hydrogens (tertiary/aromatic N) is 1. The van der Waals surface area contributed by atoms with Gasteiger partial charge in [0, 0.05) is 37.2 Å². The molecule has 2 heteroatoms. The Morgan fingerprint density at radius 2 is 0.833 bits per heavy atom. The van der Waals surface area contributed by atoms with Crippen LogP contribution in [0.2, 0.25) is 0 Å². The zero-order valence-electron chi connectivity index (χ0n) is 29.6. The van der Waals surface area contributed by atoms with Gasteiger partial charge in [-0.15, -0.1) is 11.3 Å². The molecule has 10 aromatic rings. The molecule has 0 aliphatic carbocycles. The molecule has 54 heavy (non-hydrogen) atoms. The molecule has 9 aromatic carbocycles. The first-order valence-electron chi connectivity index (χ1n) is 18.4. The molecule has 0 aliphatic heterocycles. The maximum atomic E-state index is 2.37. The van der Waals surface area contributed by atoms with E-state index in [9.17, 15) is 0 Å². The summed E-state index contributed by atoms with van der Waals surface area (Å²) in [6, 6.07) is 77.1. The average molecular weight is 706 g/mol. The standard InChI is InChI=1S/C52H35NS/c1-2-11-36(12-3-1)41-15-8-16-42(33-41)38-25-29-45(30-26-38)53(47-18-9-17-43(35-47)44-24-23-37-13-4-5-14-40(37)34-44)46-31-27-39(28-32-46)48-20-10-22-51-52(48)49-19-6-7-21-50(49)54-51/h1-35H. The molecule has 0 N–H and O–H groups in total. The molecule has 10 rings (SSSR count). The van der Waals surface area contributed by atoms with Crippen LogP contribution in [-0.4, -0.2) is 0 Å². The third kappa shape index (κ3) is 5.93. The molecule has 0 saturated carbocycles. The zero-order valence-corrected chi connectivity index (χ0v) is 30.4. The Bertz CT molecular complexity index is 2920. The second-order valence-electron chi connectivity index (χ2n) is 13.8. The highest BCUT2D eigenvalue weighted by atomic mass is 32.1. The van der Waals surface area contributed by atoms with Gasteiger partial charge >= 0.3 is 0 Å². The Morgan fingerprint density at radius 3 is 1.61 bits per heavy atom. The maximum Gasteiger partial charge on any atom is 0.0467 e. The summed E-state index contributed by atoms with van der Waals surface area (Å²) in [4.78, 5) is 2.37. The van der Waals surface area contributed by atoms with Crippen molar-refractivity contribution >= 4 is 59.3 Å². The molecule has 254 valence electrons. The summed E-state index contributed by atoms with van der Waals surface area (Å²) in [5, 5.41) is 5.14. The minimum absolute atomic E-state index is 1.10. The van der Waals surface area contributed by atoms with Crippen LogP contribution in [0.5, 0.6) is 0 Å². The van der Waals surface area contributed by atoms with E-state index in [2.05, 4.69) is 217 Å². The molecule has 1 nitrogen and oxygen atoms in total.